The number of rotatable bonds is 3. The minimum Gasteiger partial charge on any atom is -0.325 e. The average Bonchev–Trinajstić information content (AvgIpc) is 2.43. The molecule has 0 saturated carbocycles. The quantitative estimate of drug-likeness (QED) is 0.924. The molecule has 1 fully saturated rings. The maximum atomic E-state index is 13.0. The van der Waals surface area contributed by atoms with E-state index in [-0.39, 0.29) is 17.0 Å². The molecule has 1 aliphatic heterocycles. The Balaban J connectivity index is 1.97. The Bertz CT molecular complexity index is 461. The van der Waals surface area contributed by atoms with E-state index in [2.05, 4.69) is 10.2 Å². The first-order valence-corrected chi connectivity index (χ1v) is 6.95. The Morgan fingerprint density at radius 1 is 1.37 bits per heavy atom. The number of halogens is 2. The van der Waals surface area contributed by atoms with Crippen molar-refractivity contribution in [1.29, 1.82) is 0 Å². The molecule has 1 aliphatic rings. The summed E-state index contributed by atoms with van der Waals surface area (Å²) in [4.78, 5) is 14.3. The highest BCUT2D eigenvalue weighted by Gasteiger charge is 2.22. The van der Waals surface area contributed by atoms with Gasteiger partial charge in [-0.15, -0.1) is 0 Å². The zero-order valence-electron chi connectivity index (χ0n) is 11.0. The minimum atomic E-state index is -0.483. The van der Waals surface area contributed by atoms with Crippen LogP contribution in [0.4, 0.5) is 10.1 Å². The molecule has 1 aromatic rings. The summed E-state index contributed by atoms with van der Waals surface area (Å²) in [5.41, 5.74) is 0.528. The van der Waals surface area contributed by atoms with Crippen LogP contribution in [0.1, 0.15) is 26.2 Å². The van der Waals surface area contributed by atoms with Crippen LogP contribution in [-0.2, 0) is 4.79 Å². The van der Waals surface area contributed by atoms with E-state index in [1.807, 2.05) is 6.92 Å². The first-order chi connectivity index (χ1) is 9.08. The summed E-state index contributed by atoms with van der Waals surface area (Å²) in [6, 6.07) is 4.02. The van der Waals surface area contributed by atoms with Crippen molar-refractivity contribution in [3.63, 3.8) is 0 Å². The van der Waals surface area contributed by atoms with Gasteiger partial charge in [-0.2, -0.15) is 0 Å². The summed E-state index contributed by atoms with van der Waals surface area (Å²) in [6.07, 6.45) is 3.51. The van der Waals surface area contributed by atoms with Crippen molar-refractivity contribution in [2.75, 3.05) is 18.4 Å². The molecule has 2 rings (SSSR count). The van der Waals surface area contributed by atoms with E-state index in [1.54, 1.807) is 0 Å². The van der Waals surface area contributed by atoms with Crippen LogP contribution in [0.2, 0.25) is 5.02 Å². The summed E-state index contributed by atoms with van der Waals surface area (Å²) in [5.74, 6) is -0.562. The van der Waals surface area contributed by atoms with Gasteiger partial charge in [0.15, 0.2) is 0 Å². The van der Waals surface area contributed by atoms with Crippen molar-refractivity contribution in [3.8, 4) is 0 Å². The Morgan fingerprint density at radius 2 is 2.05 bits per heavy atom. The highest BCUT2D eigenvalue weighted by atomic mass is 35.5. The Kier molecular flexibility index (Phi) is 4.77. The van der Waals surface area contributed by atoms with Gasteiger partial charge in [-0.3, -0.25) is 9.69 Å². The zero-order chi connectivity index (χ0) is 13.8. The summed E-state index contributed by atoms with van der Waals surface area (Å²) in [6.45, 7) is 3.81. The van der Waals surface area contributed by atoms with Crippen molar-refractivity contribution in [2.24, 2.45) is 0 Å². The third-order valence-corrected chi connectivity index (χ3v) is 3.79. The van der Waals surface area contributed by atoms with Crippen molar-refractivity contribution in [2.45, 2.75) is 32.2 Å². The SMILES string of the molecule is C[C@H](C(=O)Nc1ccc(F)c(Cl)c1)N1CCCCC1. The second-order valence-electron chi connectivity index (χ2n) is 4.89. The third-order valence-electron chi connectivity index (χ3n) is 3.50. The topological polar surface area (TPSA) is 32.3 Å². The van der Waals surface area contributed by atoms with E-state index >= 15 is 0 Å². The number of amides is 1. The van der Waals surface area contributed by atoms with Crippen LogP contribution in [0, 0.1) is 5.82 Å². The van der Waals surface area contributed by atoms with Gasteiger partial charge < -0.3 is 5.32 Å². The lowest BCUT2D eigenvalue weighted by atomic mass is 10.1. The molecular formula is C14H18ClFN2O. The van der Waals surface area contributed by atoms with Gasteiger partial charge in [-0.05, 0) is 51.1 Å². The number of carbonyl (C=O) groups is 1. The molecule has 0 aromatic heterocycles. The molecule has 1 amide bonds. The van der Waals surface area contributed by atoms with Crippen LogP contribution < -0.4 is 5.32 Å². The van der Waals surface area contributed by atoms with Gasteiger partial charge in [0.2, 0.25) is 5.91 Å². The molecule has 1 aromatic carbocycles. The first kappa shape index (κ1) is 14.3. The monoisotopic (exact) mass is 284 g/mol. The van der Waals surface area contributed by atoms with Crippen LogP contribution in [0.5, 0.6) is 0 Å². The minimum absolute atomic E-state index is 0.0171. The molecular weight excluding hydrogens is 267 g/mol. The molecule has 1 heterocycles. The van der Waals surface area contributed by atoms with Crippen molar-refractivity contribution >= 4 is 23.2 Å². The summed E-state index contributed by atoms with van der Waals surface area (Å²) in [5, 5.41) is 2.79. The van der Waals surface area contributed by atoms with E-state index in [0.717, 1.165) is 25.9 Å². The fourth-order valence-electron chi connectivity index (χ4n) is 2.29. The number of nitrogens with zero attached hydrogens (tertiary/aromatic N) is 1. The van der Waals surface area contributed by atoms with Gasteiger partial charge in [0.25, 0.3) is 0 Å². The summed E-state index contributed by atoms with van der Waals surface area (Å²) >= 11 is 5.69. The smallest absolute Gasteiger partial charge is 0.241 e. The lowest BCUT2D eigenvalue weighted by molar-refractivity contribution is -0.121. The van der Waals surface area contributed by atoms with E-state index in [0.29, 0.717) is 5.69 Å². The molecule has 5 heteroatoms. The van der Waals surface area contributed by atoms with E-state index in [1.165, 1.54) is 24.6 Å². The molecule has 0 bridgehead atoms. The molecule has 0 spiro atoms. The highest BCUT2D eigenvalue weighted by Crippen LogP contribution is 2.20. The lowest BCUT2D eigenvalue weighted by Gasteiger charge is -2.31. The lowest BCUT2D eigenvalue weighted by Crippen LogP contribution is -2.44. The third kappa shape index (κ3) is 3.67. The van der Waals surface area contributed by atoms with Gasteiger partial charge >= 0.3 is 0 Å². The molecule has 104 valence electrons. The second-order valence-corrected chi connectivity index (χ2v) is 5.30. The van der Waals surface area contributed by atoms with Crippen molar-refractivity contribution in [1.82, 2.24) is 4.90 Å². The normalized spacial score (nSPS) is 18.1. The predicted octanol–water partition coefficient (Wildman–Crippen LogP) is 3.29. The number of hydrogen-bond acceptors (Lipinski definition) is 2. The maximum Gasteiger partial charge on any atom is 0.241 e. The number of likely N-dealkylation sites (tertiary alicyclic amines) is 1. The van der Waals surface area contributed by atoms with E-state index in [9.17, 15) is 9.18 Å². The van der Waals surface area contributed by atoms with Crippen LogP contribution in [0.25, 0.3) is 0 Å². The highest BCUT2D eigenvalue weighted by molar-refractivity contribution is 6.31. The Labute approximate surface area is 117 Å². The van der Waals surface area contributed by atoms with Gasteiger partial charge in [0.1, 0.15) is 5.82 Å². The maximum absolute atomic E-state index is 13.0. The number of anilines is 1. The van der Waals surface area contributed by atoms with Gasteiger partial charge in [0, 0.05) is 5.69 Å². The Hall–Kier alpha value is -1.13. The molecule has 1 saturated heterocycles. The van der Waals surface area contributed by atoms with Gasteiger partial charge in [-0.25, -0.2) is 4.39 Å². The average molecular weight is 285 g/mol. The van der Waals surface area contributed by atoms with Gasteiger partial charge in [-0.1, -0.05) is 18.0 Å². The summed E-state index contributed by atoms with van der Waals surface area (Å²) in [7, 11) is 0. The molecule has 3 nitrogen and oxygen atoms in total. The summed E-state index contributed by atoms with van der Waals surface area (Å²) < 4.78 is 13.0. The number of benzene rings is 1. The standard InChI is InChI=1S/C14H18ClFN2O/c1-10(18-7-3-2-4-8-18)14(19)17-11-5-6-13(16)12(15)9-11/h5-6,9-10H,2-4,7-8H2,1H3,(H,17,19)/t10-/m1/s1. The molecule has 1 atom stereocenters. The predicted molar refractivity (Wildman–Crippen MR) is 74.9 cm³/mol. The van der Waals surface area contributed by atoms with E-state index in [4.69, 9.17) is 11.6 Å². The fraction of sp³-hybridized carbons (Fsp3) is 0.500. The van der Waals surface area contributed by atoms with Crippen LogP contribution in [0.15, 0.2) is 18.2 Å². The van der Waals surface area contributed by atoms with Crippen LogP contribution in [-0.4, -0.2) is 29.9 Å². The molecule has 0 unspecified atom stereocenters. The second kappa shape index (κ2) is 6.35. The number of nitrogens with one attached hydrogen (secondary N) is 1. The number of carbonyl (C=O) groups excluding carboxylic acids is 1. The molecule has 1 N–H and O–H groups in total. The first-order valence-electron chi connectivity index (χ1n) is 6.58. The molecule has 0 aliphatic carbocycles. The number of hydrogen-bond donors (Lipinski definition) is 1. The van der Waals surface area contributed by atoms with Crippen LogP contribution in [0.3, 0.4) is 0 Å². The molecule has 0 radical (unpaired) electrons. The van der Waals surface area contributed by atoms with Crippen molar-refractivity contribution < 1.29 is 9.18 Å². The van der Waals surface area contributed by atoms with Crippen molar-refractivity contribution in [3.05, 3.63) is 29.0 Å². The van der Waals surface area contributed by atoms with Gasteiger partial charge in [0.05, 0.1) is 11.1 Å². The largest absolute Gasteiger partial charge is 0.325 e. The molecule has 19 heavy (non-hydrogen) atoms. The fourth-order valence-corrected chi connectivity index (χ4v) is 2.47. The van der Waals surface area contributed by atoms with Crippen LogP contribution >= 0.6 is 11.6 Å². The number of piperidine rings is 1. The Morgan fingerprint density at radius 3 is 2.68 bits per heavy atom. The zero-order valence-corrected chi connectivity index (χ0v) is 11.7. The van der Waals surface area contributed by atoms with E-state index < -0.39 is 5.82 Å².